The van der Waals surface area contributed by atoms with Crippen LogP contribution in [0.3, 0.4) is 0 Å². The Hall–Kier alpha value is -2.37. The van der Waals surface area contributed by atoms with Crippen LogP contribution in [-0.2, 0) is 4.74 Å². The molecule has 2 aromatic heterocycles. The Morgan fingerprint density at radius 2 is 2.06 bits per heavy atom. The minimum Gasteiger partial charge on any atom is -0.465 e. The highest BCUT2D eigenvalue weighted by Gasteiger charge is 2.23. The quantitative estimate of drug-likeness (QED) is 0.812. The SMILES string of the molecule is COC(=O)c1c(C)noc1-c1ccc(N)c(C)n1. The summed E-state index contributed by atoms with van der Waals surface area (Å²) in [6.07, 6.45) is 0. The molecule has 18 heavy (non-hydrogen) atoms. The second-order valence-electron chi connectivity index (χ2n) is 3.83. The molecule has 0 amide bonds. The molecule has 6 nitrogen and oxygen atoms in total. The Bertz CT molecular complexity index is 605. The third-order valence-electron chi connectivity index (χ3n) is 2.61. The van der Waals surface area contributed by atoms with Crippen molar-refractivity contribution in [3.8, 4) is 11.5 Å². The maximum atomic E-state index is 11.7. The van der Waals surface area contributed by atoms with Gasteiger partial charge in [-0.05, 0) is 26.0 Å². The summed E-state index contributed by atoms with van der Waals surface area (Å²) in [6.45, 7) is 3.45. The number of carbonyl (C=O) groups is 1. The highest BCUT2D eigenvalue weighted by Crippen LogP contribution is 2.26. The largest absolute Gasteiger partial charge is 0.465 e. The first kappa shape index (κ1) is 12.1. The molecule has 6 heteroatoms. The number of ether oxygens (including phenoxy) is 1. The number of rotatable bonds is 2. The van der Waals surface area contributed by atoms with Crippen LogP contribution in [0.4, 0.5) is 5.69 Å². The summed E-state index contributed by atoms with van der Waals surface area (Å²) in [6, 6.07) is 3.38. The molecule has 0 fully saturated rings. The maximum Gasteiger partial charge on any atom is 0.343 e. The van der Waals surface area contributed by atoms with Crippen LogP contribution < -0.4 is 5.73 Å². The first-order valence-corrected chi connectivity index (χ1v) is 5.32. The van der Waals surface area contributed by atoms with E-state index >= 15 is 0 Å². The Balaban J connectivity index is 2.57. The zero-order valence-electron chi connectivity index (χ0n) is 10.4. The minimum atomic E-state index is -0.500. The van der Waals surface area contributed by atoms with Gasteiger partial charge in [0.25, 0.3) is 0 Å². The molecular weight excluding hydrogens is 234 g/mol. The highest BCUT2D eigenvalue weighted by atomic mass is 16.5. The van der Waals surface area contributed by atoms with Crippen molar-refractivity contribution in [3.05, 3.63) is 29.1 Å². The Labute approximate surface area is 104 Å². The fourth-order valence-corrected chi connectivity index (χ4v) is 1.59. The third-order valence-corrected chi connectivity index (χ3v) is 2.61. The fraction of sp³-hybridized carbons (Fsp3) is 0.250. The smallest absolute Gasteiger partial charge is 0.343 e. The lowest BCUT2D eigenvalue weighted by molar-refractivity contribution is 0.0600. The average molecular weight is 247 g/mol. The minimum absolute atomic E-state index is 0.286. The monoisotopic (exact) mass is 247 g/mol. The van der Waals surface area contributed by atoms with E-state index in [2.05, 4.69) is 10.1 Å². The molecule has 0 atom stereocenters. The van der Waals surface area contributed by atoms with Crippen LogP contribution in [0.15, 0.2) is 16.7 Å². The standard InChI is InChI=1S/C12H13N3O3/c1-6-8(13)4-5-9(14-6)11-10(12(16)17-3)7(2)15-18-11/h4-5H,13H2,1-3H3. The molecular formula is C12H13N3O3. The van der Waals surface area contributed by atoms with Gasteiger partial charge in [0.05, 0.1) is 24.2 Å². The van der Waals surface area contributed by atoms with E-state index in [9.17, 15) is 4.79 Å². The molecule has 0 saturated heterocycles. The summed E-state index contributed by atoms with van der Waals surface area (Å²) in [4.78, 5) is 15.9. The Morgan fingerprint density at radius 1 is 1.33 bits per heavy atom. The van der Waals surface area contributed by atoms with E-state index in [1.165, 1.54) is 7.11 Å². The van der Waals surface area contributed by atoms with Gasteiger partial charge in [-0.15, -0.1) is 0 Å². The van der Waals surface area contributed by atoms with Crippen LogP contribution in [0.2, 0.25) is 0 Å². The van der Waals surface area contributed by atoms with Gasteiger partial charge in [0.15, 0.2) is 5.76 Å². The highest BCUT2D eigenvalue weighted by molar-refractivity contribution is 5.96. The number of methoxy groups -OCH3 is 1. The van der Waals surface area contributed by atoms with E-state index in [0.29, 0.717) is 28.5 Å². The molecule has 2 N–H and O–H groups in total. The molecule has 0 aromatic carbocycles. The van der Waals surface area contributed by atoms with E-state index in [-0.39, 0.29) is 5.56 Å². The number of hydrogen-bond donors (Lipinski definition) is 1. The molecule has 0 aliphatic heterocycles. The van der Waals surface area contributed by atoms with Gasteiger partial charge in [-0.25, -0.2) is 9.78 Å². The van der Waals surface area contributed by atoms with Gasteiger partial charge in [0.2, 0.25) is 0 Å². The lowest BCUT2D eigenvalue weighted by Crippen LogP contribution is -2.04. The molecule has 0 unspecified atom stereocenters. The molecule has 0 bridgehead atoms. The summed E-state index contributed by atoms with van der Waals surface area (Å²) >= 11 is 0. The zero-order chi connectivity index (χ0) is 13.3. The molecule has 2 heterocycles. The van der Waals surface area contributed by atoms with E-state index in [4.69, 9.17) is 15.0 Å². The summed E-state index contributed by atoms with van der Waals surface area (Å²) in [5.74, 6) is -0.206. The number of nitrogens with zero attached hydrogens (tertiary/aromatic N) is 2. The van der Waals surface area contributed by atoms with Gasteiger partial charge in [0.1, 0.15) is 11.3 Å². The van der Waals surface area contributed by atoms with E-state index in [1.807, 2.05) is 0 Å². The number of pyridine rings is 1. The second-order valence-corrected chi connectivity index (χ2v) is 3.83. The van der Waals surface area contributed by atoms with Crippen LogP contribution in [0.25, 0.3) is 11.5 Å². The van der Waals surface area contributed by atoms with Crippen molar-refractivity contribution >= 4 is 11.7 Å². The van der Waals surface area contributed by atoms with Gasteiger partial charge in [-0.3, -0.25) is 0 Å². The lowest BCUT2D eigenvalue weighted by atomic mass is 10.1. The fourth-order valence-electron chi connectivity index (χ4n) is 1.59. The molecule has 0 saturated carbocycles. The predicted molar refractivity (Wildman–Crippen MR) is 65.0 cm³/mol. The van der Waals surface area contributed by atoms with Crippen molar-refractivity contribution in [1.29, 1.82) is 0 Å². The van der Waals surface area contributed by atoms with Gasteiger partial charge in [-0.2, -0.15) is 0 Å². The van der Waals surface area contributed by atoms with Crippen LogP contribution in [-0.4, -0.2) is 23.2 Å². The van der Waals surface area contributed by atoms with Crippen molar-refractivity contribution < 1.29 is 14.1 Å². The molecule has 0 aliphatic carbocycles. The topological polar surface area (TPSA) is 91.2 Å². The zero-order valence-corrected chi connectivity index (χ0v) is 10.4. The first-order chi connectivity index (χ1) is 8.54. The number of aryl methyl sites for hydroxylation is 2. The van der Waals surface area contributed by atoms with Gasteiger partial charge < -0.3 is 15.0 Å². The summed E-state index contributed by atoms with van der Waals surface area (Å²) in [5, 5.41) is 3.77. The summed E-state index contributed by atoms with van der Waals surface area (Å²) < 4.78 is 9.85. The van der Waals surface area contributed by atoms with Crippen LogP contribution >= 0.6 is 0 Å². The first-order valence-electron chi connectivity index (χ1n) is 5.32. The molecule has 0 aliphatic rings. The molecule has 94 valence electrons. The number of esters is 1. The summed E-state index contributed by atoms with van der Waals surface area (Å²) in [7, 11) is 1.31. The number of anilines is 1. The third kappa shape index (κ3) is 1.92. The number of nitrogen functional groups attached to an aromatic ring is 1. The number of hydrogen-bond acceptors (Lipinski definition) is 6. The molecule has 0 radical (unpaired) electrons. The van der Waals surface area contributed by atoms with Crippen LogP contribution in [0, 0.1) is 13.8 Å². The van der Waals surface area contributed by atoms with E-state index in [0.717, 1.165) is 0 Å². The van der Waals surface area contributed by atoms with Gasteiger partial charge in [0, 0.05) is 0 Å². The predicted octanol–water partition coefficient (Wildman–Crippen LogP) is 1.72. The molecule has 2 rings (SSSR count). The second kappa shape index (κ2) is 4.48. The van der Waals surface area contributed by atoms with E-state index < -0.39 is 5.97 Å². The van der Waals surface area contributed by atoms with Gasteiger partial charge in [-0.1, -0.05) is 5.16 Å². The van der Waals surface area contributed by atoms with Crippen molar-refractivity contribution in [2.45, 2.75) is 13.8 Å². The molecule has 2 aromatic rings. The van der Waals surface area contributed by atoms with Gasteiger partial charge >= 0.3 is 5.97 Å². The lowest BCUT2D eigenvalue weighted by Gasteiger charge is -2.03. The van der Waals surface area contributed by atoms with Crippen molar-refractivity contribution in [3.63, 3.8) is 0 Å². The van der Waals surface area contributed by atoms with Crippen molar-refractivity contribution in [2.24, 2.45) is 0 Å². The van der Waals surface area contributed by atoms with E-state index in [1.54, 1.807) is 26.0 Å². The number of carbonyl (C=O) groups excluding carboxylic acids is 1. The maximum absolute atomic E-state index is 11.7. The Morgan fingerprint density at radius 3 is 2.67 bits per heavy atom. The normalized spacial score (nSPS) is 10.4. The van der Waals surface area contributed by atoms with Crippen LogP contribution in [0.5, 0.6) is 0 Å². The average Bonchev–Trinajstić information content (AvgIpc) is 2.74. The number of aromatic nitrogens is 2. The van der Waals surface area contributed by atoms with Crippen molar-refractivity contribution in [1.82, 2.24) is 10.1 Å². The van der Waals surface area contributed by atoms with Crippen molar-refractivity contribution in [2.75, 3.05) is 12.8 Å². The molecule has 0 spiro atoms. The van der Waals surface area contributed by atoms with Crippen LogP contribution in [0.1, 0.15) is 21.7 Å². The number of nitrogens with two attached hydrogens (primary N) is 1. The Kier molecular flexibility index (Phi) is 3.01. The summed E-state index contributed by atoms with van der Waals surface area (Å²) in [5.41, 5.74) is 8.19.